The molecule has 27 heavy (non-hydrogen) atoms. The predicted molar refractivity (Wildman–Crippen MR) is 105 cm³/mol. The van der Waals surface area contributed by atoms with Crippen molar-refractivity contribution in [3.05, 3.63) is 54.1 Å². The SMILES string of the molecule is CN(C)CCCn1ccnc1C1CCN(C(=O)[C@H](O)c2ccccc2)CC1. The van der Waals surface area contributed by atoms with Gasteiger partial charge in [-0.05, 0) is 45.5 Å². The zero-order valence-electron chi connectivity index (χ0n) is 16.3. The number of amides is 1. The molecule has 0 unspecified atom stereocenters. The highest BCUT2D eigenvalue weighted by Crippen LogP contribution is 2.28. The second-order valence-electron chi connectivity index (χ2n) is 7.55. The van der Waals surface area contributed by atoms with Crippen molar-refractivity contribution in [1.29, 1.82) is 0 Å². The van der Waals surface area contributed by atoms with Crippen molar-refractivity contribution in [1.82, 2.24) is 19.4 Å². The van der Waals surface area contributed by atoms with Crippen LogP contribution < -0.4 is 0 Å². The van der Waals surface area contributed by atoms with Crippen LogP contribution in [0.4, 0.5) is 0 Å². The first-order valence-electron chi connectivity index (χ1n) is 9.74. The minimum Gasteiger partial charge on any atom is -0.378 e. The summed E-state index contributed by atoms with van der Waals surface area (Å²) in [6.45, 7) is 3.36. The van der Waals surface area contributed by atoms with Crippen molar-refractivity contribution in [2.45, 2.75) is 37.8 Å². The molecule has 146 valence electrons. The van der Waals surface area contributed by atoms with Gasteiger partial charge in [0.2, 0.25) is 0 Å². The molecule has 1 aromatic heterocycles. The molecule has 0 radical (unpaired) electrons. The maximum atomic E-state index is 12.6. The lowest BCUT2D eigenvalue weighted by molar-refractivity contribution is -0.141. The third-order valence-electron chi connectivity index (χ3n) is 5.27. The zero-order chi connectivity index (χ0) is 19.2. The summed E-state index contributed by atoms with van der Waals surface area (Å²) in [4.78, 5) is 21.2. The number of carbonyl (C=O) groups is 1. The van der Waals surface area contributed by atoms with Gasteiger partial charge < -0.3 is 19.5 Å². The minimum absolute atomic E-state index is 0.200. The summed E-state index contributed by atoms with van der Waals surface area (Å²) >= 11 is 0. The lowest BCUT2D eigenvalue weighted by Gasteiger charge is -2.33. The summed E-state index contributed by atoms with van der Waals surface area (Å²) in [6.07, 6.45) is 5.73. The van der Waals surface area contributed by atoms with E-state index in [4.69, 9.17) is 0 Å². The van der Waals surface area contributed by atoms with E-state index >= 15 is 0 Å². The number of hydrogen-bond acceptors (Lipinski definition) is 4. The number of hydrogen-bond donors (Lipinski definition) is 1. The summed E-state index contributed by atoms with van der Waals surface area (Å²) in [7, 11) is 4.18. The number of aliphatic hydroxyl groups excluding tert-OH is 1. The molecule has 2 heterocycles. The second kappa shape index (κ2) is 9.15. The van der Waals surface area contributed by atoms with E-state index in [9.17, 15) is 9.90 Å². The highest BCUT2D eigenvalue weighted by Gasteiger charge is 2.29. The van der Waals surface area contributed by atoms with E-state index < -0.39 is 6.10 Å². The molecule has 6 nitrogen and oxygen atoms in total. The molecule has 1 amide bonds. The first-order chi connectivity index (χ1) is 13.1. The highest BCUT2D eigenvalue weighted by atomic mass is 16.3. The summed E-state index contributed by atoms with van der Waals surface area (Å²) in [5, 5.41) is 10.4. The quantitative estimate of drug-likeness (QED) is 0.812. The van der Waals surface area contributed by atoms with E-state index in [0.29, 0.717) is 24.6 Å². The van der Waals surface area contributed by atoms with E-state index in [-0.39, 0.29) is 5.91 Å². The Labute approximate surface area is 161 Å². The third kappa shape index (κ3) is 4.96. The molecule has 0 spiro atoms. The summed E-state index contributed by atoms with van der Waals surface area (Å²) in [6, 6.07) is 9.15. The van der Waals surface area contributed by atoms with Gasteiger partial charge in [0.25, 0.3) is 5.91 Å². The van der Waals surface area contributed by atoms with Crippen LogP contribution in [0.25, 0.3) is 0 Å². The fourth-order valence-electron chi connectivity index (χ4n) is 3.74. The molecule has 2 aromatic rings. The Morgan fingerprint density at radius 3 is 2.63 bits per heavy atom. The monoisotopic (exact) mass is 370 g/mol. The maximum Gasteiger partial charge on any atom is 0.256 e. The molecule has 3 rings (SSSR count). The highest BCUT2D eigenvalue weighted by molar-refractivity contribution is 5.82. The number of nitrogens with zero attached hydrogens (tertiary/aromatic N) is 4. The molecule has 6 heteroatoms. The molecular formula is C21H30N4O2. The van der Waals surface area contributed by atoms with Crippen molar-refractivity contribution in [2.24, 2.45) is 0 Å². The summed E-state index contributed by atoms with van der Waals surface area (Å²) < 4.78 is 2.25. The number of imidazole rings is 1. The van der Waals surface area contributed by atoms with Gasteiger partial charge in [0.05, 0.1) is 0 Å². The topological polar surface area (TPSA) is 61.6 Å². The van der Waals surface area contributed by atoms with Crippen LogP contribution in [-0.4, -0.2) is 64.1 Å². The molecule has 0 saturated carbocycles. The number of piperidine rings is 1. The second-order valence-corrected chi connectivity index (χ2v) is 7.55. The maximum absolute atomic E-state index is 12.6. The number of carbonyl (C=O) groups excluding carboxylic acids is 1. The fraction of sp³-hybridized carbons (Fsp3) is 0.524. The van der Waals surface area contributed by atoms with Crippen molar-refractivity contribution in [2.75, 3.05) is 33.7 Å². The Morgan fingerprint density at radius 1 is 1.26 bits per heavy atom. The van der Waals surface area contributed by atoms with Gasteiger partial charge in [0.15, 0.2) is 6.10 Å². The minimum atomic E-state index is -1.07. The van der Waals surface area contributed by atoms with Gasteiger partial charge in [-0.15, -0.1) is 0 Å². The normalized spacial score (nSPS) is 16.7. The zero-order valence-corrected chi connectivity index (χ0v) is 16.3. The van der Waals surface area contributed by atoms with Crippen molar-refractivity contribution in [3.8, 4) is 0 Å². The van der Waals surface area contributed by atoms with E-state index in [1.807, 2.05) is 24.4 Å². The van der Waals surface area contributed by atoms with Crippen LogP contribution in [0.15, 0.2) is 42.7 Å². The molecule has 1 aliphatic rings. The molecule has 0 bridgehead atoms. The van der Waals surface area contributed by atoms with Gasteiger partial charge in [-0.25, -0.2) is 4.98 Å². The van der Waals surface area contributed by atoms with Crippen LogP contribution in [0.2, 0.25) is 0 Å². The first-order valence-corrected chi connectivity index (χ1v) is 9.74. The smallest absolute Gasteiger partial charge is 0.256 e. The molecule has 1 aliphatic heterocycles. The molecule has 0 aliphatic carbocycles. The number of aromatic nitrogens is 2. The fourth-order valence-corrected chi connectivity index (χ4v) is 3.74. The number of benzene rings is 1. The van der Waals surface area contributed by atoms with Crippen molar-refractivity contribution < 1.29 is 9.90 Å². The Hall–Kier alpha value is -2.18. The Kier molecular flexibility index (Phi) is 6.63. The lowest BCUT2D eigenvalue weighted by Crippen LogP contribution is -2.41. The number of aryl methyl sites for hydroxylation is 1. The van der Waals surface area contributed by atoms with Gasteiger partial charge in [0, 0.05) is 37.9 Å². The van der Waals surface area contributed by atoms with E-state index in [2.05, 4.69) is 34.7 Å². The molecule has 1 N–H and O–H groups in total. The molecule has 1 fully saturated rings. The van der Waals surface area contributed by atoms with E-state index in [1.54, 1.807) is 17.0 Å². The lowest BCUT2D eigenvalue weighted by atomic mass is 9.95. The van der Waals surface area contributed by atoms with Crippen LogP contribution >= 0.6 is 0 Å². The van der Waals surface area contributed by atoms with Crippen molar-refractivity contribution in [3.63, 3.8) is 0 Å². The van der Waals surface area contributed by atoms with E-state index in [1.165, 1.54) is 0 Å². The van der Waals surface area contributed by atoms with Crippen LogP contribution in [-0.2, 0) is 11.3 Å². The molecular weight excluding hydrogens is 340 g/mol. The number of rotatable bonds is 7. The Morgan fingerprint density at radius 2 is 1.96 bits per heavy atom. The summed E-state index contributed by atoms with van der Waals surface area (Å²) in [5.41, 5.74) is 0.654. The van der Waals surface area contributed by atoms with Crippen molar-refractivity contribution >= 4 is 5.91 Å². The summed E-state index contributed by atoms with van der Waals surface area (Å²) in [5.74, 6) is 1.30. The Balaban J connectivity index is 1.55. The average Bonchev–Trinajstić information content (AvgIpc) is 3.16. The Bertz CT molecular complexity index is 721. The predicted octanol–water partition coefficient (Wildman–Crippen LogP) is 2.27. The van der Waals surface area contributed by atoms with Gasteiger partial charge in [0.1, 0.15) is 5.82 Å². The van der Waals surface area contributed by atoms with Crippen LogP contribution in [0.3, 0.4) is 0 Å². The van der Waals surface area contributed by atoms with Crippen LogP contribution in [0.1, 0.15) is 42.7 Å². The van der Waals surface area contributed by atoms with Crippen LogP contribution in [0, 0.1) is 0 Å². The third-order valence-corrected chi connectivity index (χ3v) is 5.27. The molecule has 1 atom stereocenters. The van der Waals surface area contributed by atoms with Gasteiger partial charge in [-0.1, -0.05) is 30.3 Å². The van der Waals surface area contributed by atoms with Gasteiger partial charge in [-0.2, -0.15) is 0 Å². The largest absolute Gasteiger partial charge is 0.378 e. The number of aliphatic hydroxyl groups is 1. The standard InChI is InChI=1S/C21H30N4O2/c1-23(2)12-6-13-24-16-11-22-20(24)18-9-14-25(15-10-18)21(27)19(26)17-7-4-3-5-8-17/h3-5,7-8,11,16,18-19,26H,6,9-10,12-15H2,1-2H3/t19-/m1/s1. The molecule has 1 saturated heterocycles. The van der Waals surface area contributed by atoms with Crippen LogP contribution in [0.5, 0.6) is 0 Å². The van der Waals surface area contributed by atoms with Gasteiger partial charge in [-0.3, -0.25) is 4.79 Å². The average molecular weight is 370 g/mol. The number of likely N-dealkylation sites (tertiary alicyclic amines) is 1. The first kappa shape index (κ1) is 19.6. The molecule has 1 aromatic carbocycles. The van der Waals surface area contributed by atoms with Gasteiger partial charge >= 0.3 is 0 Å². The van der Waals surface area contributed by atoms with E-state index in [0.717, 1.165) is 38.2 Å².